The summed E-state index contributed by atoms with van der Waals surface area (Å²) in [5, 5.41) is 4.09. The Labute approximate surface area is 121 Å². The number of rotatable bonds is 6. The van der Waals surface area contributed by atoms with E-state index in [1.807, 2.05) is 24.2 Å². The molecular weight excluding hydrogens is 262 g/mol. The first kappa shape index (κ1) is 16.2. The van der Waals surface area contributed by atoms with Gasteiger partial charge in [0.25, 0.3) is 0 Å². The molecular formula is C14H24ClN3O. The highest BCUT2D eigenvalue weighted by Crippen LogP contribution is 2.23. The van der Waals surface area contributed by atoms with Crippen LogP contribution in [0.1, 0.15) is 26.3 Å². The molecule has 0 bridgehead atoms. The molecule has 0 saturated heterocycles. The maximum Gasteiger partial charge on any atom is 0.147 e. The van der Waals surface area contributed by atoms with Crippen LogP contribution in [-0.2, 0) is 11.3 Å². The number of methoxy groups -OCH3 is 1. The third-order valence-electron chi connectivity index (χ3n) is 2.69. The Morgan fingerprint density at radius 3 is 2.63 bits per heavy atom. The molecule has 1 N–H and O–H groups in total. The summed E-state index contributed by atoms with van der Waals surface area (Å²) in [7, 11) is 3.64. The zero-order valence-corrected chi connectivity index (χ0v) is 13.2. The molecule has 108 valence electrons. The molecule has 0 radical (unpaired) electrons. The summed E-state index contributed by atoms with van der Waals surface area (Å²) >= 11 is 6.28. The van der Waals surface area contributed by atoms with Crippen molar-refractivity contribution in [1.29, 1.82) is 0 Å². The van der Waals surface area contributed by atoms with E-state index in [0.717, 1.165) is 24.5 Å². The molecule has 0 spiro atoms. The Kier molecular flexibility index (Phi) is 6.04. The molecule has 1 aromatic heterocycles. The van der Waals surface area contributed by atoms with Gasteiger partial charge in [0.2, 0.25) is 0 Å². The average Bonchev–Trinajstić information content (AvgIpc) is 2.32. The van der Waals surface area contributed by atoms with Gasteiger partial charge in [-0.1, -0.05) is 11.6 Å². The molecule has 1 rings (SSSR count). The quantitative estimate of drug-likeness (QED) is 0.872. The SMILES string of the molecule is COCCN(C)c1ncc(CNC(C)(C)C)cc1Cl. The van der Waals surface area contributed by atoms with Gasteiger partial charge >= 0.3 is 0 Å². The minimum absolute atomic E-state index is 0.0837. The van der Waals surface area contributed by atoms with Crippen LogP contribution < -0.4 is 10.2 Å². The molecule has 1 aromatic rings. The van der Waals surface area contributed by atoms with Gasteiger partial charge < -0.3 is 15.0 Å². The smallest absolute Gasteiger partial charge is 0.147 e. The van der Waals surface area contributed by atoms with Crippen molar-refractivity contribution in [2.45, 2.75) is 32.9 Å². The van der Waals surface area contributed by atoms with E-state index in [2.05, 4.69) is 31.1 Å². The molecule has 0 amide bonds. The van der Waals surface area contributed by atoms with Gasteiger partial charge in [0.15, 0.2) is 0 Å². The van der Waals surface area contributed by atoms with Gasteiger partial charge in [-0.25, -0.2) is 4.98 Å². The molecule has 0 aliphatic carbocycles. The van der Waals surface area contributed by atoms with Gasteiger partial charge in [-0.2, -0.15) is 0 Å². The third-order valence-corrected chi connectivity index (χ3v) is 2.97. The molecule has 0 aliphatic rings. The second-order valence-electron chi connectivity index (χ2n) is 5.67. The summed E-state index contributed by atoms with van der Waals surface area (Å²) in [5.74, 6) is 0.790. The van der Waals surface area contributed by atoms with Crippen molar-refractivity contribution in [3.63, 3.8) is 0 Å². The second kappa shape index (κ2) is 7.08. The Bertz CT molecular complexity index is 404. The van der Waals surface area contributed by atoms with Crippen molar-refractivity contribution in [3.05, 3.63) is 22.8 Å². The molecule has 0 aliphatic heterocycles. The molecule has 5 heteroatoms. The number of pyridine rings is 1. The van der Waals surface area contributed by atoms with E-state index < -0.39 is 0 Å². The number of likely N-dealkylation sites (N-methyl/N-ethyl adjacent to an activating group) is 1. The fourth-order valence-electron chi connectivity index (χ4n) is 1.55. The van der Waals surface area contributed by atoms with Gasteiger partial charge in [0.05, 0.1) is 11.6 Å². The Balaban J connectivity index is 2.69. The summed E-state index contributed by atoms with van der Waals surface area (Å²) in [6.07, 6.45) is 1.86. The van der Waals surface area contributed by atoms with Crippen LogP contribution in [0.25, 0.3) is 0 Å². The Morgan fingerprint density at radius 1 is 1.42 bits per heavy atom. The predicted molar refractivity (Wildman–Crippen MR) is 81.0 cm³/mol. The molecule has 0 saturated carbocycles. The number of nitrogens with zero attached hydrogens (tertiary/aromatic N) is 2. The van der Waals surface area contributed by atoms with Crippen molar-refractivity contribution >= 4 is 17.4 Å². The first-order valence-electron chi connectivity index (χ1n) is 6.43. The normalized spacial score (nSPS) is 11.7. The van der Waals surface area contributed by atoms with Crippen LogP contribution in [0.15, 0.2) is 12.3 Å². The molecule has 0 unspecified atom stereocenters. The average molecular weight is 286 g/mol. The van der Waals surface area contributed by atoms with Crippen LogP contribution in [0.3, 0.4) is 0 Å². The standard InChI is InChI=1S/C14H24ClN3O/c1-14(2,3)17-10-11-8-12(15)13(16-9-11)18(4)6-7-19-5/h8-9,17H,6-7,10H2,1-5H3. The van der Waals surface area contributed by atoms with Gasteiger partial charge in [0, 0.05) is 39.0 Å². The van der Waals surface area contributed by atoms with Crippen molar-refractivity contribution in [1.82, 2.24) is 10.3 Å². The largest absolute Gasteiger partial charge is 0.383 e. The number of halogens is 1. The molecule has 19 heavy (non-hydrogen) atoms. The minimum Gasteiger partial charge on any atom is -0.383 e. The summed E-state index contributed by atoms with van der Waals surface area (Å²) in [6.45, 7) is 8.59. The van der Waals surface area contributed by atoms with Gasteiger partial charge in [-0.3, -0.25) is 0 Å². The fourth-order valence-corrected chi connectivity index (χ4v) is 1.88. The summed E-state index contributed by atoms with van der Waals surface area (Å²) in [6, 6.07) is 1.96. The molecule has 0 fully saturated rings. The molecule has 1 heterocycles. The van der Waals surface area contributed by atoms with Crippen molar-refractivity contribution < 1.29 is 4.74 Å². The number of anilines is 1. The van der Waals surface area contributed by atoms with Crippen LogP contribution in [0, 0.1) is 0 Å². The van der Waals surface area contributed by atoms with Crippen molar-refractivity contribution in [3.8, 4) is 0 Å². The first-order valence-corrected chi connectivity index (χ1v) is 6.81. The highest BCUT2D eigenvalue weighted by Gasteiger charge is 2.11. The number of hydrogen-bond acceptors (Lipinski definition) is 4. The summed E-state index contributed by atoms with van der Waals surface area (Å²) < 4.78 is 5.05. The number of aromatic nitrogens is 1. The summed E-state index contributed by atoms with van der Waals surface area (Å²) in [4.78, 5) is 6.42. The fraction of sp³-hybridized carbons (Fsp3) is 0.643. The minimum atomic E-state index is 0.0837. The molecule has 0 aromatic carbocycles. The highest BCUT2D eigenvalue weighted by atomic mass is 35.5. The van der Waals surface area contributed by atoms with Crippen molar-refractivity contribution in [2.75, 3.05) is 32.2 Å². The monoisotopic (exact) mass is 285 g/mol. The third kappa shape index (κ3) is 5.76. The zero-order chi connectivity index (χ0) is 14.5. The van der Waals surface area contributed by atoms with E-state index in [4.69, 9.17) is 16.3 Å². The van der Waals surface area contributed by atoms with Gasteiger partial charge in [-0.15, -0.1) is 0 Å². The van der Waals surface area contributed by atoms with Gasteiger partial charge in [0.1, 0.15) is 5.82 Å². The zero-order valence-electron chi connectivity index (χ0n) is 12.5. The van der Waals surface area contributed by atoms with E-state index in [0.29, 0.717) is 11.6 Å². The lowest BCUT2D eigenvalue weighted by atomic mass is 10.1. The van der Waals surface area contributed by atoms with Crippen LogP contribution in [-0.4, -0.2) is 37.8 Å². The highest BCUT2D eigenvalue weighted by molar-refractivity contribution is 6.33. The lowest BCUT2D eigenvalue weighted by Crippen LogP contribution is -2.35. The first-order chi connectivity index (χ1) is 8.83. The molecule has 4 nitrogen and oxygen atoms in total. The van der Waals surface area contributed by atoms with E-state index >= 15 is 0 Å². The lowest BCUT2D eigenvalue weighted by Gasteiger charge is -2.22. The van der Waals surface area contributed by atoms with E-state index in [1.165, 1.54) is 0 Å². The van der Waals surface area contributed by atoms with Crippen LogP contribution >= 0.6 is 11.6 Å². The van der Waals surface area contributed by atoms with Crippen molar-refractivity contribution in [2.24, 2.45) is 0 Å². The topological polar surface area (TPSA) is 37.4 Å². The Hall–Kier alpha value is -0.840. The second-order valence-corrected chi connectivity index (χ2v) is 6.07. The number of ether oxygens (including phenoxy) is 1. The predicted octanol–water partition coefficient (Wildman–Crippen LogP) is 2.71. The van der Waals surface area contributed by atoms with E-state index in [1.54, 1.807) is 7.11 Å². The Morgan fingerprint density at radius 2 is 2.11 bits per heavy atom. The summed E-state index contributed by atoms with van der Waals surface area (Å²) in [5.41, 5.74) is 1.17. The van der Waals surface area contributed by atoms with E-state index in [9.17, 15) is 0 Å². The van der Waals surface area contributed by atoms with Crippen LogP contribution in [0.4, 0.5) is 5.82 Å². The maximum atomic E-state index is 6.28. The number of nitrogens with one attached hydrogen (secondary N) is 1. The molecule has 0 atom stereocenters. The lowest BCUT2D eigenvalue weighted by molar-refractivity contribution is 0.206. The van der Waals surface area contributed by atoms with E-state index in [-0.39, 0.29) is 5.54 Å². The van der Waals surface area contributed by atoms with Crippen LogP contribution in [0.5, 0.6) is 0 Å². The van der Waals surface area contributed by atoms with Gasteiger partial charge in [-0.05, 0) is 32.4 Å². The maximum absolute atomic E-state index is 6.28. The number of hydrogen-bond donors (Lipinski definition) is 1. The van der Waals surface area contributed by atoms with Crippen LogP contribution in [0.2, 0.25) is 5.02 Å².